The SMILES string of the molecule is O=S(=O)(Cl)Cc1noc2c1CC(F)(F)CC2. The first-order chi connectivity index (χ1) is 7.27. The smallest absolute Gasteiger partial charge is 0.252 e. The van der Waals surface area contributed by atoms with Crippen molar-refractivity contribution in [2.24, 2.45) is 0 Å². The number of fused-ring (bicyclic) bond motifs is 1. The van der Waals surface area contributed by atoms with E-state index < -0.39 is 27.1 Å². The summed E-state index contributed by atoms with van der Waals surface area (Å²) in [5.41, 5.74) is 0.171. The second-order valence-corrected chi connectivity index (χ2v) is 6.52. The molecule has 0 bridgehead atoms. The highest BCUT2D eigenvalue weighted by atomic mass is 35.7. The summed E-state index contributed by atoms with van der Waals surface area (Å²) >= 11 is 0. The first-order valence-corrected chi connectivity index (χ1v) is 7.01. The Labute approximate surface area is 95.0 Å². The molecule has 0 N–H and O–H groups in total. The van der Waals surface area contributed by atoms with Gasteiger partial charge >= 0.3 is 0 Å². The van der Waals surface area contributed by atoms with Gasteiger partial charge in [-0.25, -0.2) is 17.2 Å². The monoisotopic (exact) mass is 271 g/mol. The Balaban J connectivity index is 2.34. The van der Waals surface area contributed by atoms with E-state index in [4.69, 9.17) is 15.2 Å². The summed E-state index contributed by atoms with van der Waals surface area (Å²) in [4.78, 5) is 0. The maximum absolute atomic E-state index is 13.1. The predicted octanol–water partition coefficient (Wildman–Crippen LogP) is 1.87. The predicted molar refractivity (Wildman–Crippen MR) is 52.0 cm³/mol. The van der Waals surface area contributed by atoms with E-state index in [0.717, 1.165) is 0 Å². The molecular weight excluding hydrogens is 264 g/mol. The first-order valence-electron chi connectivity index (χ1n) is 4.53. The average Bonchev–Trinajstić information content (AvgIpc) is 2.44. The number of hydrogen-bond acceptors (Lipinski definition) is 4. The van der Waals surface area contributed by atoms with Crippen molar-refractivity contribution in [1.82, 2.24) is 5.16 Å². The highest BCUT2D eigenvalue weighted by Gasteiger charge is 2.38. The van der Waals surface area contributed by atoms with Crippen LogP contribution in [0.1, 0.15) is 23.4 Å². The molecule has 2 rings (SSSR count). The van der Waals surface area contributed by atoms with Crippen LogP contribution >= 0.6 is 10.7 Å². The molecule has 0 aromatic carbocycles. The minimum absolute atomic E-state index is 0.00984. The molecule has 90 valence electrons. The maximum Gasteiger partial charge on any atom is 0.252 e. The Bertz CT molecular complexity index is 511. The number of hydrogen-bond donors (Lipinski definition) is 0. The van der Waals surface area contributed by atoms with Crippen LogP contribution in [-0.4, -0.2) is 19.5 Å². The zero-order valence-corrected chi connectivity index (χ0v) is 9.61. The summed E-state index contributed by atoms with van der Waals surface area (Å²) < 4.78 is 52.7. The molecular formula is C8H8ClF2NO3S. The molecule has 0 saturated carbocycles. The Kier molecular flexibility index (Phi) is 2.70. The van der Waals surface area contributed by atoms with E-state index in [1.54, 1.807) is 0 Å². The van der Waals surface area contributed by atoms with E-state index in [-0.39, 0.29) is 24.1 Å². The fourth-order valence-corrected chi connectivity index (χ4v) is 2.56. The number of halogens is 3. The number of aromatic nitrogens is 1. The van der Waals surface area contributed by atoms with Gasteiger partial charge < -0.3 is 4.52 Å². The molecule has 4 nitrogen and oxygen atoms in total. The van der Waals surface area contributed by atoms with Crippen LogP contribution in [0.2, 0.25) is 0 Å². The Morgan fingerprint density at radius 2 is 2.19 bits per heavy atom. The van der Waals surface area contributed by atoms with Crippen molar-refractivity contribution in [3.8, 4) is 0 Å². The van der Waals surface area contributed by atoms with Gasteiger partial charge in [-0.05, 0) is 0 Å². The molecule has 0 aliphatic heterocycles. The number of nitrogens with zero attached hydrogens (tertiary/aromatic N) is 1. The Morgan fingerprint density at radius 1 is 1.50 bits per heavy atom. The molecule has 0 radical (unpaired) electrons. The van der Waals surface area contributed by atoms with E-state index in [1.165, 1.54) is 0 Å². The van der Waals surface area contributed by atoms with Gasteiger partial charge in [0, 0.05) is 35.5 Å². The molecule has 8 heteroatoms. The minimum Gasteiger partial charge on any atom is -0.361 e. The number of aryl methyl sites for hydroxylation is 1. The third-order valence-corrected chi connectivity index (χ3v) is 3.36. The summed E-state index contributed by atoms with van der Waals surface area (Å²) in [5.74, 6) is -3.08. The van der Waals surface area contributed by atoms with Crippen molar-refractivity contribution < 1.29 is 21.7 Å². The largest absolute Gasteiger partial charge is 0.361 e. The van der Waals surface area contributed by atoms with Crippen LogP contribution in [0.5, 0.6) is 0 Å². The zero-order chi connectivity index (χ0) is 12.0. The van der Waals surface area contributed by atoms with Crippen molar-refractivity contribution >= 4 is 19.7 Å². The maximum atomic E-state index is 13.1. The normalized spacial score (nSPS) is 19.4. The summed E-state index contributed by atoms with van der Waals surface area (Å²) in [6.07, 6.45) is -0.770. The highest BCUT2D eigenvalue weighted by molar-refractivity contribution is 8.13. The molecule has 0 atom stereocenters. The van der Waals surface area contributed by atoms with Gasteiger partial charge in [0.1, 0.15) is 17.2 Å². The summed E-state index contributed by atoms with van der Waals surface area (Å²) in [6.45, 7) is 0. The molecule has 0 saturated heterocycles. The van der Waals surface area contributed by atoms with E-state index in [0.29, 0.717) is 5.76 Å². The summed E-state index contributed by atoms with van der Waals surface area (Å²) in [5, 5.41) is 3.48. The second-order valence-electron chi connectivity index (χ2n) is 3.75. The lowest BCUT2D eigenvalue weighted by molar-refractivity contribution is -0.0147. The van der Waals surface area contributed by atoms with Crippen LogP contribution in [0.15, 0.2) is 4.52 Å². The molecule has 0 unspecified atom stereocenters. The van der Waals surface area contributed by atoms with Crippen LogP contribution < -0.4 is 0 Å². The average molecular weight is 272 g/mol. The summed E-state index contributed by atoms with van der Waals surface area (Å²) in [6, 6.07) is 0. The fourth-order valence-electron chi connectivity index (χ4n) is 1.70. The third kappa shape index (κ3) is 2.52. The van der Waals surface area contributed by atoms with Crippen LogP contribution in [0, 0.1) is 0 Å². The van der Waals surface area contributed by atoms with Gasteiger partial charge in [0.2, 0.25) is 9.05 Å². The van der Waals surface area contributed by atoms with Gasteiger partial charge in [0.05, 0.1) is 0 Å². The van der Waals surface area contributed by atoms with E-state index in [1.807, 2.05) is 0 Å². The number of alkyl halides is 2. The molecule has 1 aromatic heterocycles. The van der Waals surface area contributed by atoms with E-state index in [2.05, 4.69) is 5.16 Å². The number of rotatable bonds is 2. The van der Waals surface area contributed by atoms with E-state index >= 15 is 0 Å². The van der Waals surface area contributed by atoms with Gasteiger partial charge in [-0.2, -0.15) is 0 Å². The van der Waals surface area contributed by atoms with E-state index in [9.17, 15) is 17.2 Å². The zero-order valence-electron chi connectivity index (χ0n) is 8.04. The van der Waals surface area contributed by atoms with Gasteiger partial charge in [0.15, 0.2) is 0 Å². The topological polar surface area (TPSA) is 60.2 Å². The van der Waals surface area contributed by atoms with Crippen molar-refractivity contribution in [3.05, 3.63) is 17.0 Å². The lowest BCUT2D eigenvalue weighted by atomic mass is 9.93. The second kappa shape index (κ2) is 3.66. The fraction of sp³-hybridized carbons (Fsp3) is 0.625. The van der Waals surface area contributed by atoms with Gasteiger partial charge in [-0.3, -0.25) is 0 Å². The molecule has 0 amide bonds. The van der Waals surface area contributed by atoms with Crippen molar-refractivity contribution in [2.75, 3.05) is 0 Å². The van der Waals surface area contributed by atoms with Crippen LogP contribution in [0.3, 0.4) is 0 Å². The standard InChI is InChI=1S/C8H8ClF2NO3S/c9-16(13,14)4-6-5-3-8(10,11)2-1-7(5)15-12-6/h1-4H2. The Hall–Kier alpha value is -0.690. The summed E-state index contributed by atoms with van der Waals surface area (Å²) in [7, 11) is 1.23. The molecule has 16 heavy (non-hydrogen) atoms. The van der Waals surface area contributed by atoms with Crippen LogP contribution in [0.25, 0.3) is 0 Å². The quantitative estimate of drug-likeness (QED) is 0.771. The Morgan fingerprint density at radius 3 is 2.81 bits per heavy atom. The van der Waals surface area contributed by atoms with Crippen molar-refractivity contribution in [1.29, 1.82) is 0 Å². The molecule has 1 aliphatic rings. The van der Waals surface area contributed by atoms with Crippen molar-refractivity contribution in [2.45, 2.75) is 30.9 Å². The van der Waals surface area contributed by atoms with Crippen LogP contribution in [0.4, 0.5) is 8.78 Å². The van der Waals surface area contributed by atoms with Gasteiger partial charge in [-0.1, -0.05) is 5.16 Å². The van der Waals surface area contributed by atoms with Gasteiger partial charge in [0.25, 0.3) is 5.92 Å². The minimum atomic E-state index is -3.81. The first kappa shape index (κ1) is 11.8. The molecule has 1 aliphatic carbocycles. The third-order valence-electron chi connectivity index (χ3n) is 2.41. The molecule has 1 heterocycles. The molecule has 0 spiro atoms. The molecule has 0 fully saturated rings. The lowest BCUT2D eigenvalue weighted by Gasteiger charge is -2.20. The van der Waals surface area contributed by atoms with Gasteiger partial charge in [-0.15, -0.1) is 0 Å². The molecule has 1 aromatic rings. The van der Waals surface area contributed by atoms with Crippen molar-refractivity contribution in [3.63, 3.8) is 0 Å². The van der Waals surface area contributed by atoms with Crippen LogP contribution in [-0.2, 0) is 27.6 Å². The lowest BCUT2D eigenvalue weighted by Crippen LogP contribution is -2.25. The highest BCUT2D eigenvalue weighted by Crippen LogP contribution is 2.35.